The van der Waals surface area contributed by atoms with Crippen molar-refractivity contribution in [3.8, 4) is 5.75 Å². The summed E-state index contributed by atoms with van der Waals surface area (Å²) in [5.74, 6) is -3.08. The van der Waals surface area contributed by atoms with E-state index >= 15 is 0 Å². The Labute approximate surface area is 339 Å². The van der Waals surface area contributed by atoms with E-state index in [2.05, 4.69) is 19.2 Å². The molecule has 4 unspecified atom stereocenters. The molecule has 3 aliphatic carbocycles. The van der Waals surface area contributed by atoms with Gasteiger partial charge in [-0.25, -0.2) is 0 Å². The van der Waals surface area contributed by atoms with Gasteiger partial charge in [0, 0.05) is 18.5 Å². The van der Waals surface area contributed by atoms with E-state index in [1.54, 1.807) is 12.1 Å². The van der Waals surface area contributed by atoms with Gasteiger partial charge in [-0.15, -0.1) is 0 Å². The van der Waals surface area contributed by atoms with Crippen LogP contribution in [0.5, 0.6) is 5.75 Å². The van der Waals surface area contributed by atoms with Crippen LogP contribution in [0.25, 0.3) is 0 Å². The number of ether oxygens (including phenoxy) is 5. The number of carbonyl (C=O) groups excluding carboxylic acids is 6. The molecule has 12 heteroatoms. The predicted molar refractivity (Wildman–Crippen MR) is 213 cm³/mol. The number of unbranched alkanes of at least 4 members (excludes halogenated alkanes) is 2. The van der Waals surface area contributed by atoms with Crippen molar-refractivity contribution in [1.82, 2.24) is 5.32 Å². The van der Waals surface area contributed by atoms with E-state index in [0.717, 1.165) is 51.4 Å². The van der Waals surface area contributed by atoms with Gasteiger partial charge < -0.3 is 29.0 Å². The monoisotopic (exact) mass is 797 g/mol. The molecule has 12 nitrogen and oxygen atoms in total. The fourth-order valence-corrected chi connectivity index (χ4v) is 8.39. The van der Waals surface area contributed by atoms with Crippen LogP contribution in [0.3, 0.4) is 0 Å². The molecule has 1 aromatic carbocycles. The highest BCUT2D eigenvalue weighted by atomic mass is 16.6. The molecule has 1 N–H and O–H groups in total. The van der Waals surface area contributed by atoms with Gasteiger partial charge in [-0.05, 0) is 121 Å². The topological polar surface area (TPSA) is 161 Å². The molecule has 1 amide bonds. The second-order valence-electron chi connectivity index (χ2n) is 16.4. The summed E-state index contributed by atoms with van der Waals surface area (Å²) in [5, 5.41) is 3.01. The lowest BCUT2D eigenvalue weighted by Crippen LogP contribution is -2.45. The normalized spacial score (nSPS) is 25.9. The zero-order valence-electron chi connectivity index (χ0n) is 34.9. The lowest BCUT2D eigenvalue weighted by molar-refractivity contribution is -0.168. The van der Waals surface area contributed by atoms with Crippen LogP contribution in [0.15, 0.2) is 24.3 Å². The quantitative estimate of drug-likeness (QED) is 0.0814. The maximum Gasteiger partial charge on any atom is 0.309 e. The van der Waals surface area contributed by atoms with Crippen LogP contribution in [0.1, 0.15) is 167 Å². The Hall–Kier alpha value is -3.96. The Bertz CT molecular complexity index is 1390. The maximum atomic E-state index is 13.7. The van der Waals surface area contributed by atoms with Gasteiger partial charge in [0.25, 0.3) is 5.91 Å². The molecule has 318 valence electrons. The molecular weight excluding hydrogens is 730 g/mol. The molecule has 4 rings (SSSR count). The van der Waals surface area contributed by atoms with Crippen molar-refractivity contribution in [1.29, 1.82) is 0 Å². The van der Waals surface area contributed by atoms with Crippen LogP contribution in [0.4, 0.5) is 0 Å². The zero-order chi connectivity index (χ0) is 41.3. The van der Waals surface area contributed by atoms with Crippen molar-refractivity contribution < 1.29 is 52.5 Å². The molecule has 57 heavy (non-hydrogen) atoms. The van der Waals surface area contributed by atoms with E-state index in [-0.39, 0.29) is 60.5 Å². The van der Waals surface area contributed by atoms with Gasteiger partial charge in [-0.1, -0.05) is 53.4 Å². The first-order valence-corrected chi connectivity index (χ1v) is 21.8. The van der Waals surface area contributed by atoms with Crippen LogP contribution in [0.2, 0.25) is 0 Å². The van der Waals surface area contributed by atoms with Crippen molar-refractivity contribution in [2.24, 2.45) is 23.7 Å². The van der Waals surface area contributed by atoms with Gasteiger partial charge in [-0.3, -0.25) is 28.8 Å². The molecule has 3 fully saturated rings. The first-order chi connectivity index (χ1) is 27.4. The molecule has 0 bridgehead atoms. The molecular formula is C45H67NO11. The summed E-state index contributed by atoms with van der Waals surface area (Å²) in [6.45, 7) is 9.53. The fraction of sp³-hybridized carbons (Fsp3) is 0.733. The smallest absolute Gasteiger partial charge is 0.309 e. The Kier molecular flexibility index (Phi) is 18.8. The second-order valence-corrected chi connectivity index (χ2v) is 16.4. The van der Waals surface area contributed by atoms with Crippen molar-refractivity contribution in [2.75, 3.05) is 0 Å². The molecule has 0 saturated heterocycles. The molecule has 0 radical (unpaired) electrons. The van der Waals surface area contributed by atoms with E-state index in [1.165, 1.54) is 19.1 Å². The number of amides is 1. The third kappa shape index (κ3) is 14.7. The van der Waals surface area contributed by atoms with Gasteiger partial charge in [-0.2, -0.15) is 0 Å². The predicted octanol–water partition coefficient (Wildman–Crippen LogP) is 8.35. The molecule has 0 heterocycles. The number of hydrogen-bond donors (Lipinski definition) is 1. The third-order valence-electron chi connectivity index (χ3n) is 11.9. The van der Waals surface area contributed by atoms with Crippen molar-refractivity contribution in [3.05, 3.63) is 29.8 Å². The summed E-state index contributed by atoms with van der Waals surface area (Å²) in [6, 6.07) is 5.67. The van der Waals surface area contributed by atoms with Gasteiger partial charge in [0.15, 0.2) is 0 Å². The van der Waals surface area contributed by atoms with Crippen molar-refractivity contribution >= 4 is 35.8 Å². The van der Waals surface area contributed by atoms with Crippen LogP contribution < -0.4 is 10.1 Å². The second kappa shape index (κ2) is 23.4. The number of carbonyl (C=O) groups is 6. The lowest BCUT2D eigenvalue weighted by Gasteiger charge is -2.36. The maximum absolute atomic E-state index is 13.7. The summed E-state index contributed by atoms with van der Waals surface area (Å²) in [7, 11) is 0. The number of nitrogens with one attached hydrogen (secondary N) is 1. The Balaban J connectivity index is 1.34. The van der Waals surface area contributed by atoms with Gasteiger partial charge in [0.05, 0.1) is 23.7 Å². The van der Waals surface area contributed by atoms with Gasteiger partial charge in [0.1, 0.15) is 30.2 Å². The first kappa shape index (κ1) is 45.7. The molecule has 0 aliphatic heterocycles. The zero-order valence-corrected chi connectivity index (χ0v) is 34.9. The number of rotatable bonds is 19. The fourth-order valence-electron chi connectivity index (χ4n) is 8.39. The summed E-state index contributed by atoms with van der Waals surface area (Å²) >= 11 is 0. The summed E-state index contributed by atoms with van der Waals surface area (Å²) in [5.41, 5.74) is 0.343. The van der Waals surface area contributed by atoms with E-state index < -0.39 is 35.8 Å². The van der Waals surface area contributed by atoms with Crippen molar-refractivity contribution in [3.63, 3.8) is 0 Å². The average Bonchev–Trinajstić information content (AvgIpc) is 3.19. The van der Waals surface area contributed by atoms with Gasteiger partial charge in [0.2, 0.25) is 0 Å². The number of hydrogen-bond acceptors (Lipinski definition) is 11. The van der Waals surface area contributed by atoms with Gasteiger partial charge >= 0.3 is 29.8 Å². The minimum absolute atomic E-state index is 0.0894. The molecule has 4 atom stereocenters. The van der Waals surface area contributed by atoms with Crippen LogP contribution in [-0.4, -0.2) is 66.2 Å². The first-order valence-electron chi connectivity index (χ1n) is 21.8. The van der Waals surface area contributed by atoms with Crippen LogP contribution in [0, 0.1) is 23.7 Å². The van der Waals surface area contributed by atoms with E-state index in [4.69, 9.17) is 23.7 Å². The molecule has 1 aromatic rings. The number of esters is 5. The van der Waals surface area contributed by atoms with E-state index in [9.17, 15) is 28.8 Å². The minimum atomic E-state index is -0.637. The van der Waals surface area contributed by atoms with E-state index in [1.807, 2.05) is 13.8 Å². The van der Waals surface area contributed by atoms with Crippen molar-refractivity contribution in [2.45, 2.75) is 187 Å². The molecule has 3 aliphatic rings. The highest BCUT2D eigenvalue weighted by Gasteiger charge is 2.41. The summed E-state index contributed by atoms with van der Waals surface area (Å²) in [6.07, 6.45) is 11.8. The summed E-state index contributed by atoms with van der Waals surface area (Å²) < 4.78 is 28.9. The molecule has 3 saturated carbocycles. The highest BCUT2D eigenvalue weighted by molar-refractivity contribution is 5.94. The Morgan fingerprint density at radius 2 is 1.00 bits per heavy atom. The van der Waals surface area contributed by atoms with Crippen LogP contribution in [-0.2, 0) is 42.9 Å². The van der Waals surface area contributed by atoms with E-state index in [0.29, 0.717) is 75.5 Å². The molecule has 0 aromatic heterocycles. The molecule has 0 spiro atoms. The summed E-state index contributed by atoms with van der Waals surface area (Å²) in [4.78, 5) is 77.7. The largest absolute Gasteiger partial charge is 0.462 e. The third-order valence-corrected chi connectivity index (χ3v) is 11.9. The Morgan fingerprint density at radius 1 is 0.596 bits per heavy atom. The minimum Gasteiger partial charge on any atom is -0.462 e. The Morgan fingerprint density at radius 3 is 1.37 bits per heavy atom. The number of benzene rings is 1. The highest BCUT2D eigenvalue weighted by Crippen LogP contribution is 2.35. The lowest BCUT2D eigenvalue weighted by atomic mass is 9.78. The van der Waals surface area contributed by atoms with Crippen LogP contribution >= 0.6 is 0 Å². The standard InChI is InChI=1S/C45H67NO11/c1-6-10-12-30(8-3)42(49)54-37-18-22-39(23-19-37)56-44(51)33-26-34(28-35(27-33)46-41(48)32-14-16-36(17-15-32)53-29(5)47)45(52)57-40-24-20-38(21-25-40)55-43(50)31(9-4)13-11-7-2/h14-17,30-31,33-35,37-40H,6-13,18-28H2,1-5H3,(H,46,48). The SMILES string of the molecule is CCCCC(CC)C(=O)OC1CCC(OC(=O)C2CC(NC(=O)c3ccc(OC(C)=O)cc3)CC(C(=O)OC3CCC(OC(=O)C(CC)CCCC)CC3)C2)CC1. The average molecular weight is 798 g/mol.